The third-order valence-corrected chi connectivity index (χ3v) is 4.25. The number of hydrogen-bond donors (Lipinski definition) is 1. The molecule has 0 spiro atoms. The van der Waals surface area contributed by atoms with E-state index >= 15 is 0 Å². The Morgan fingerprint density at radius 3 is 2.88 bits per heavy atom. The molecule has 0 heterocycles. The fraction of sp³-hybridized carbons (Fsp3) is 0.538. The molecule has 17 heavy (non-hydrogen) atoms. The maximum Gasteiger partial charge on any atom is 0.0556 e. The fourth-order valence-corrected chi connectivity index (χ4v) is 3.02. The summed E-state index contributed by atoms with van der Waals surface area (Å²) in [4.78, 5) is 1.28. The molecule has 0 atom stereocenters. The normalized spacial score (nSPS) is 10.8. The van der Waals surface area contributed by atoms with Gasteiger partial charge in [0.25, 0.3) is 0 Å². The van der Waals surface area contributed by atoms with Gasteiger partial charge in [-0.2, -0.15) is 0 Å². The number of ether oxygens (including phenoxy) is 1. The van der Waals surface area contributed by atoms with Crippen molar-refractivity contribution in [1.29, 1.82) is 0 Å². The molecule has 0 saturated heterocycles. The van der Waals surface area contributed by atoms with Crippen molar-refractivity contribution in [2.75, 3.05) is 26.0 Å². The molecular weight excluding hydrogens is 298 g/mol. The van der Waals surface area contributed by atoms with Gasteiger partial charge >= 0.3 is 0 Å². The van der Waals surface area contributed by atoms with Crippen molar-refractivity contribution in [2.45, 2.75) is 24.8 Å². The molecule has 0 aromatic heterocycles. The van der Waals surface area contributed by atoms with E-state index in [0.29, 0.717) is 0 Å². The molecule has 0 aliphatic heterocycles. The van der Waals surface area contributed by atoms with Gasteiger partial charge in [0.1, 0.15) is 0 Å². The summed E-state index contributed by atoms with van der Waals surface area (Å²) in [5.74, 6) is 0.989. The molecule has 0 bridgehead atoms. The van der Waals surface area contributed by atoms with E-state index in [-0.39, 0.29) is 0 Å². The van der Waals surface area contributed by atoms with Gasteiger partial charge in [0.2, 0.25) is 0 Å². The highest BCUT2D eigenvalue weighted by molar-refractivity contribution is 9.10. The maximum atomic E-state index is 5.05. The zero-order chi connectivity index (χ0) is 12.5. The molecule has 2 nitrogen and oxygen atoms in total. The van der Waals surface area contributed by atoms with Crippen molar-refractivity contribution in [3.8, 4) is 0 Å². The summed E-state index contributed by atoms with van der Waals surface area (Å²) in [6.45, 7) is 4.98. The highest BCUT2D eigenvalue weighted by Crippen LogP contribution is 2.28. The molecule has 0 saturated carbocycles. The second-order valence-corrected chi connectivity index (χ2v) is 5.77. The second-order valence-electron chi connectivity index (χ2n) is 3.78. The van der Waals surface area contributed by atoms with E-state index < -0.39 is 0 Å². The predicted molar refractivity (Wildman–Crippen MR) is 78.7 cm³/mol. The first-order valence-corrected chi connectivity index (χ1v) is 7.66. The largest absolute Gasteiger partial charge is 0.384 e. The average molecular weight is 318 g/mol. The molecule has 0 aliphatic rings. The van der Waals surface area contributed by atoms with Gasteiger partial charge in [-0.25, -0.2) is 0 Å². The first-order valence-electron chi connectivity index (χ1n) is 5.88. The smallest absolute Gasteiger partial charge is 0.0556 e. The summed E-state index contributed by atoms with van der Waals surface area (Å²) >= 11 is 5.44. The Hall–Kier alpha value is -0.0300. The monoisotopic (exact) mass is 317 g/mol. The van der Waals surface area contributed by atoms with Crippen LogP contribution in [-0.2, 0) is 11.3 Å². The molecule has 0 radical (unpaired) electrons. The number of methoxy groups -OCH3 is 1. The van der Waals surface area contributed by atoms with Crippen LogP contribution in [0.1, 0.15) is 18.9 Å². The van der Waals surface area contributed by atoms with Gasteiger partial charge in [-0.3, -0.25) is 0 Å². The van der Waals surface area contributed by atoms with Gasteiger partial charge in [-0.05, 0) is 46.6 Å². The van der Waals surface area contributed by atoms with Gasteiger partial charge in [0, 0.05) is 28.8 Å². The molecule has 1 aromatic rings. The number of halogens is 1. The van der Waals surface area contributed by atoms with Crippen molar-refractivity contribution in [2.24, 2.45) is 0 Å². The summed E-state index contributed by atoms with van der Waals surface area (Å²) < 4.78 is 6.22. The second kappa shape index (κ2) is 8.97. The Labute approximate surface area is 117 Å². The van der Waals surface area contributed by atoms with Gasteiger partial charge < -0.3 is 10.1 Å². The zero-order valence-corrected chi connectivity index (χ0v) is 12.9. The highest BCUT2D eigenvalue weighted by Gasteiger charge is 2.02. The third kappa shape index (κ3) is 5.91. The topological polar surface area (TPSA) is 21.3 Å². The van der Waals surface area contributed by atoms with Gasteiger partial charge in [0.15, 0.2) is 0 Å². The van der Waals surface area contributed by atoms with Crippen LogP contribution in [0.4, 0.5) is 0 Å². The first kappa shape index (κ1) is 15.0. The van der Waals surface area contributed by atoms with Crippen LogP contribution in [0, 0.1) is 0 Å². The van der Waals surface area contributed by atoms with Crippen molar-refractivity contribution in [3.05, 3.63) is 28.2 Å². The van der Waals surface area contributed by atoms with Gasteiger partial charge in [-0.15, -0.1) is 11.8 Å². The number of thioether (sulfide) groups is 1. The summed E-state index contributed by atoms with van der Waals surface area (Å²) in [6.07, 6.45) is 1.17. The Balaban J connectivity index is 2.47. The molecule has 1 rings (SSSR count). The van der Waals surface area contributed by atoms with Gasteiger partial charge in [-0.1, -0.05) is 13.0 Å². The average Bonchev–Trinajstić information content (AvgIpc) is 2.32. The van der Waals surface area contributed by atoms with E-state index in [9.17, 15) is 0 Å². The van der Waals surface area contributed by atoms with Crippen molar-refractivity contribution in [1.82, 2.24) is 5.32 Å². The zero-order valence-electron chi connectivity index (χ0n) is 10.5. The van der Waals surface area contributed by atoms with Crippen molar-refractivity contribution in [3.63, 3.8) is 0 Å². The number of nitrogens with one attached hydrogen (secondary N) is 1. The minimum absolute atomic E-state index is 0.789. The lowest BCUT2D eigenvalue weighted by atomic mass is 10.2. The molecular formula is C13H20BrNOS. The summed E-state index contributed by atoms with van der Waals surface area (Å²) in [5.41, 5.74) is 1.32. The quantitative estimate of drug-likeness (QED) is 0.583. The van der Waals surface area contributed by atoms with Crippen LogP contribution in [-0.4, -0.2) is 26.0 Å². The molecule has 0 amide bonds. The lowest BCUT2D eigenvalue weighted by molar-refractivity contribution is 0.218. The maximum absolute atomic E-state index is 5.05. The van der Waals surface area contributed by atoms with E-state index in [1.807, 2.05) is 11.8 Å². The Morgan fingerprint density at radius 2 is 2.24 bits per heavy atom. The SMILES string of the molecule is CCCNCc1ccc(SCCOC)c(Br)c1. The van der Waals surface area contributed by atoms with Crippen LogP contribution < -0.4 is 5.32 Å². The van der Waals surface area contributed by atoms with Crippen LogP contribution in [0.15, 0.2) is 27.6 Å². The van der Waals surface area contributed by atoms with Crippen LogP contribution >= 0.6 is 27.7 Å². The van der Waals surface area contributed by atoms with Crippen LogP contribution in [0.2, 0.25) is 0 Å². The lowest BCUT2D eigenvalue weighted by Crippen LogP contribution is -2.13. The number of rotatable bonds is 8. The minimum Gasteiger partial charge on any atom is -0.384 e. The lowest BCUT2D eigenvalue weighted by Gasteiger charge is -2.08. The highest BCUT2D eigenvalue weighted by atomic mass is 79.9. The molecule has 1 aromatic carbocycles. The van der Waals surface area contributed by atoms with E-state index in [0.717, 1.165) is 25.4 Å². The Bertz CT molecular complexity index is 333. The van der Waals surface area contributed by atoms with Crippen molar-refractivity contribution < 1.29 is 4.74 Å². The summed E-state index contributed by atoms with van der Waals surface area (Å²) in [7, 11) is 1.73. The molecule has 1 N–H and O–H groups in total. The number of benzene rings is 1. The molecule has 0 aliphatic carbocycles. The van der Waals surface area contributed by atoms with Crippen molar-refractivity contribution >= 4 is 27.7 Å². The number of hydrogen-bond acceptors (Lipinski definition) is 3. The van der Waals surface area contributed by atoms with E-state index in [1.165, 1.54) is 21.4 Å². The molecule has 96 valence electrons. The van der Waals surface area contributed by atoms with E-state index in [1.54, 1.807) is 7.11 Å². The van der Waals surface area contributed by atoms with E-state index in [2.05, 4.69) is 46.4 Å². The van der Waals surface area contributed by atoms with Crippen LogP contribution in [0.3, 0.4) is 0 Å². The molecule has 0 unspecified atom stereocenters. The van der Waals surface area contributed by atoms with E-state index in [4.69, 9.17) is 4.74 Å². The minimum atomic E-state index is 0.789. The summed E-state index contributed by atoms with van der Waals surface area (Å²) in [5, 5.41) is 3.40. The Kier molecular flexibility index (Phi) is 7.93. The van der Waals surface area contributed by atoms with Gasteiger partial charge in [0.05, 0.1) is 6.61 Å². The molecule has 4 heteroatoms. The third-order valence-electron chi connectivity index (χ3n) is 2.30. The predicted octanol–water partition coefficient (Wildman–Crippen LogP) is 3.69. The van der Waals surface area contributed by atoms with Crippen LogP contribution in [0.5, 0.6) is 0 Å². The standard InChI is InChI=1S/C13H20BrNOS/c1-3-6-15-10-11-4-5-13(12(14)9-11)17-8-7-16-2/h4-5,9,15H,3,6-8,10H2,1-2H3. The summed E-state index contributed by atoms with van der Waals surface area (Å²) in [6, 6.07) is 6.55. The Morgan fingerprint density at radius 1 is 1.41 bits per heavy atom. The molecule has 0 fully saturated rings. The first-order chi connectivity index (χ1) is 8.27. The fourth-order valence-electron chi connectivity index (χ4n) is 1.42. The van der Waals surface area contributed by atoms with Crippen LogP contribution in [0.25, 0.3) is 0 Å².